The summed E-state index contributed by atoms with van der Waals surface area (Å²) >= 11 is 1.27. The normalized spacial score (nSPS) is 11.5. The summed E-state index contributed by atoms with van der Waals surface area (Å²) in [5.74, 6) is 0.115. The second kappa shape index (κ2) is 5.50. The first-order valence-electron chi connectivity index (χ1n) is 5.34. The van der Waals surface area contributed by atoms with E-state index in [1.54, 1.807) is 30.5 Å². The van der Waals surface area contributed by atoms with E-state index in [9.17, 15) is 4.79 Å². The van der Waals surface area contributed by atoms with Crippen molar-refractivity contribution in [3.8, 4) is 0 Å². The van der Waals surface area contributed by atoms with Crippen LogP contribution in [0.5, 0.6) is 0 Å². The summed E-state index contributed by atoms with van der Waals surface area (Å²) in [6, 6.07) is 3.49. The minimum atomic E-state index is -0.445. The number of hydrogen-bond donors (Lipinski definition) is 1. The minimum absolute atomic E-state index is 0.300. The van der Waals surface area contributed by atoms with Crippen LogP contribution in [0.4, 0.5) is 5.13 Å². The van der Waals surface area contributed by atoms with Gasteiger partial charge in [0.15, 0.2) is 5.13 Å². The number of rotatable bonds is 4. The van der Waals surface area contributed by atoms with Gasteiger partial charge in [0.05, 0.1) is 24.1 Å². The van der Waals surface area contributed by atoms with Gasteiger partial charge in [-0.3, -0.25) is 0 Å². The summed E-state index contributed by atoms with van der Waals surface area (Å²) in [5, 5.41) is 2.11. The third kappa shape index (κ3) is 2.78. The van der Waals surface area contributed by atoms with Gasteiger partial charge in [-0.25, -0.2) is 9.78 Å². The van der Waals surface area contributed by atoms with Crippen LogP contribution in [0.15, 0.2) is 28.2 Å². The number of nitrogens with two attached hydrogens (primary N) is 1. The molecule has 0 fully saturated rings. The molecule has 0 aliphatic rings. The average molecular weight is 264 g/mol. The van der Waals surface area contributed by atoms with Crippen LogP contribution in [0, 0.1) is 0 Å². The van der Waals surface area contributed by atoms with Gasteiger partial charge in [-0.1, -0.05) is 0 Å². The maximum absolute atomic E-state index is 11.9. The molecule has 18 heavy (non-hydrogen) atoms. The summed E-state index contributed by atoms with van der Waals surface area (Å²) in [6.45, 7) is 2.05. The van der Waals surface area contributed by atoms with Gasteiger partial charge in [0.25, 0.3) is 0 Å². The SMILES string of the molecule is CCOC(=O)/C(=C\c1ccco1)c1csc(N)n1. The van der Waals surface area contributed by atoms with Crippen molar-refractivity contribution in [2.24, 2.45) is 0 Å². The minimum Gasteiger partial charge on any atom is -0.465 e. The number of aromatic nitrogens is 1. The summed E-state index contributed by atoms with van der Waals surface area (Å²) in [5.41, 5.74) is 6.39. The molecule has 2 heterocycles. The topological polar surface area (TPSA) is 78.3 Å². The molecule has 2 aromatic heterocycles. The number of ether oxygens (including phenoxy) is 1. The molecule has 0 aliphatic carbocycles. The van der Waals surface area contributed by atoms with E-state index >= 15 is 0 Å². The first-order valence-corrected chi connectivity index (χ1v) is 6.22. The van der Waals surface area contributed by atoms with Gasteiger partial charge in [0, 0.05) is 5.38 Å². The summed E-state index contributed by atoms with van der Waals surface area (Å²) in [4.78, 5) is 16.0. The zero-order valence-electron chi connectivity index (χ0n) is 9.75. The fraction of sp³-hybridized carbons (Fsp3) is 0.167. The van der Waals surface area contributed by atoms with Crippen LogP contribution in [0.1, 0.15) is 18.4 Å². The quantitative estimate of drug-likeness (QED) is 0.677. The zero-order valence-corrected chi connectivity index (χ0v) is 10.6. The Morgan fingerprint density at radius 2 is 2.50 bits per heavy atom. The molecule has 0 bridgehead atoms. The van der Waals surface area contributed by atoms with E-state index in [4.69, 9.17) is 14.9 Å². The van der Waals surface area contributed by atoms with Gasteiger partial charge in [0.2, 0.25) is 0 Å². The predicted octanol–water partition coefficient (Wildman–Crippen LogP) is 2.42. The molecule has 6 heteroatoms. The third-order valence-corrected chi connectivity index (χ3v) is 2.80. The molecule has 94 valence electrons. The average Bonchev–Trinajstić information content (AvgIpc) is 2.97. The Morgan fingerprint density at radius 3 is 3.06 bits per heavy atom. The molecule has 2 aromatic rings. The molecule has 0 aromatic carbocycles. The lowest BCUT2D eigenvalue weighted by molar-refractivity contribution is -0.136. The number of carbonyl (C=O) groups is 1. The Hall–Kier alpha value is -2.08. The number of furan rings is 1. The highest BCUT2D eigenvalue weighted by atomic mass is 32.1. The Kier molecular flexibility index (Phi) is 3.78. The molecule has 0 saturated heterocycles. The number of nitrogens with zero attached hydrogens (tertiary/aromatic N) is 1. The standard InChI is InChI=1S/C12H12N2O3S/c1-2-16-11(15)9(6-8-4-3-5-17-8)10-7-18-12(13)14-10/h3-7H,2H2,1H3,(H2,13,14)/b9-6-. The number of carbonyl (C=O) groups excluding carboxylic acids is 1. The van der Waals surface area contributed by atoms with Gasteiger partial charge < -0.3 is 14.9 Å². The van der Waals surface area contributed by atoms with Gasteiger partial charge in [0.1, 0.15) is 5.76 Å². The van der Waals surface area contributed by atoms with Crippen LogP contribution < -0.4 is 5.73 Å². The van der Waals surface area contributed by atoms with Gasteiger partial charge >= 0.3 is 5.97 Å². The zero-order chi connectivity index (χ0) is 13.0. The molecule has 0 saturated carbocycles. The molecule has 0 aliphatic heterocycles. The lowest BCUT2D eigenvalue weighted by atomic mass is 10.2. The van der Waals surface area contributed by atoms with Crippen molar-refractivity contribution in [3.05, 3.63) is 35.2 Å². The van der Waals surface area contributed by atoms with Crippen molar-refractivity contribution in [1.82, 2.24) is 4.98 Å². The molecular formula is C12H12N2O3S. The Balaban J connectivity index is 2.37. The van der Waals surface area contributed by atoms with Crippen molar-refractivity contribution in [2.75, 3.05) is 12.3 Å². The fourth-order valence-electron chi connectivity index (χ4n) is 1.37. The van der Waals surface area contributed by atoms with E-state index in [-0.39, 0.29) is 0 Å². The van der Waals surface area contributed by atoms with Crippen LogP contribution in [0.2, 0.25) is 0 Å². The summed E-state index contributed by atoms with van der Waals surface area (Å²) < 4.78 is 10.2. The fourth-order valence-corrected chi connectivity index (χ4v) is 1.94. The molecule has 2 N–H and O–H groups in total. The van der Waals surface area contributed by atoms with Gasteiger partial charge in [-0.15, -0.1) is 11.3 Å². The number of nitrogen functional groups attached to an aromatic ring is 1. The molecular weight excluding hydrogens is 252 g/mol. The lowest BCUT2D eigenvalue weighted by Gasteiger charge is -2.03. The first kappa shape index (κ1) is 12.4. The van der Waals surface area contributed by atoms with E-state index in [1.165, 1.54) is 17.6 Å². The number of anilines is 1. The second-order valence-corrected chi connectivity index (χ2v) is 4.25. The lowest BCUT2D eigenvalue weighted by Crippen LogP contribution is -2.07. The van der Waals surface area contributed by atoms with Crippen molar-refractivity contribution in [3.63, 3.8) is 0 Å². The smallest absolute Gasteiger partial charge is 0.340 e. The van der Waals surface area contributed by atoms with E-state index in [1.807, 2.05) is 0 Å². The van der Waals surface area contributed by atoms with Crippen molar-refractivity contribution in [1.29, 1.82) is 0 Å². The number of esters is 1. The van der Waals surface area contributed by atoms with Crippen LogP contribution in [0.3, 0.4) is 0 Å². The van der Waals surface area contributed by atoms with Crippen molar-refractivity contribution >= 4 is 34.1 Å². The molecule has 5 nitrogen and oxygen atoms in total. The van der Waals surface area contributed by atoms with Crippen LogP contribution in [-0.4, -0.2) is 17.6 Å². The molecule has 0 spiro atoms. The van der Waals surface area contributed by atoms with Crippen LogP contribution in [-0.2, 0) is 9.53 Å². The number of thiazole rings is 1. The molecule has 0 radical (unpaired) electrons. The first-order chi connectivity index (χ1) is 8.70. The molecule has 0 unspecified atom stereocenters. The Morgan fingerprint density at radius 1 is 1.67 bits per heavy atom. The Bertz CT molecular complexity index is 558. The third-order valence-electron chi connectivity index (χ3n) is 2.12. The maximum Gasteiger partial charge on any atom is 0.340 e. The highest BCUT2D eigenvalue weighted by molar-refractivity contribution is 7.13. The van der Waals surface area contributed by atoms with Crippen LogP contribution >= 0.6 is 11.3 Å². The van der Waals surface area contributed by atoms with Gasteiger partial charge in [-0.05, 0) is 25.1 Å². The monoisotopic (exact) mass is 264 g/mol. The number of hydrogen-bond acceptors (Lipinski definition) is 6. The molecule has 0 atom stereocenters. The van der Waals surface area contributed by atoms with E-state index in [2.05, 4.69) is 4.98 Å². The van der Waals surface area contributed by atoms with E-state index < -0.39 is 5.97 Å². The second-order valence-electron chi connectivity index (χ2n) is 3.36. The van der Waals surface area contributed by atoms with Crippen LogP contribution in [0.25, 0.3) is 11.6 Å². The highest BCUT2D eigenvalue weighted by Gasteiger charge is 2.16. The van der Waals surface area contributed by atoms with E-state index in [0.29, 0.717) is 28.8 Å². The van der Waals surface area contributed by atoms with Crippen molar-refractivity contribution < 1.29 is 13.9 Å². The summed E-state index contributed by atoms with van der Waals surface area (Å²) in [6.07, 6.45) is 3.12. The largest absolute Gasteiger partial charge is 0.465 e. The predicted molar refractivity (Wildman–Crippen MR) is 69.7 cm³/mol. The maximum atomic E-state index is 11.9. The molecule has 2 rings (SSSR count). The summed E-state index contributed by atoms with van der Waals surface area (Å²) in [7, 11) is 0. The van der Waals surface area contributed by atoms with Gasteiger partial charge in [-0.2, -0.15) is 0 Å². The Labute approximate surface area is 108 Å². The molecule has 0 amide bonds. The van der Waals surface area contributed by atoms with E-state index in [0.717, 1.165) is 0 Å². The highest BCUT2D eigenvalue weighted by Crippen LogP contribution is 2.23. The van der Waals surface area contributed by atoms with Crippen molar-refractivity contribution in [2.45, 2.75) is 6.92 Å².